The van der Waals surface area contributed by atoms with Gasteiger partial charge in [0.25, 0.3) is 0 Å². The third-order valence-corrected chi connectivity index (χ3v) is 3.54. The molecular formula is C19H25FIN3O2. The fourth-order valence-electron chi connectivity index (χ4n) is 2.15. The van der Waals surface area contributed by atoms with Gasteiger partial charge in [-0.25, -0.2) is 4.39 Å². The summed E-state index contributed by atoms with van der Waals surface area (Å²) in [5, 5.41) is 6.49. The number of aliphatic imine (C=N–C) groups is 1. The van der Waals surface area contributed by atoms with Gasteiger partial charge in [-0.2, -0.15) is 0 Å². The van der Waals surface area contributed by atoms with E-state index in [4.69, 9.17) is 9.47 Å². The van der Waals surface area contributed by atoms with Crippen LogP contribution in [0.2, 0.25) is 0 Å². The standard InChI is InChI=1S/C19H24FN3O2.HI/c1-21-19(23-14-15-4-8-17(24-2)9-5-15)22-12-3-13-25-18-10-6-16(20)7-11-18;/h4-11H,3,12-14H2,1-2H3,(H2,21,22,23);1H. The minimum absolute atomic E-state index is 0. The zero-order valence-corrected chi connectivity index (χ0v) is 17.3. The Morgan fingerprint density at radius 3 is 2.27 bits per heavy atom. The predicted molar refractivity (Wildman–Crippen MR) is 113 cm³/mol. The smallest absolute Gasteiger partial charge is 0.191 e. The van der Waals surface area contributed by atoms with Crippen LogP contribution in [0.3, 0.4) is 0 Å². The molecule has 0 amide bonds. The van der Waals surface area contributed by atoms with Crippen LogP contribution in [-0.4, -0.2) is 33.3 Å². The fraction of sp³-hybridized carbons (Fsp3) is 0.316. The molecule has 0 radical (unpaired) electrons. The zero-order chi connectivity index (χ0) is 17.9. The topological polar surface area (TPSA) is 54.9 Å². The molecule has 5 nitrogen and oxygen atoms in total. The lowest BCUT2D eigenvalue weighted by Crippen LogP contribution is -2.37. The van der Waals surface area contributed by atoms with E-state index in [-0.39, 0.29) is 29.8 Å². The Balaban J connectivity index is 0.00000338. The van der Waals surface area contributed by atoms with Gasteiger partial charge in [-0.3, -0.25) is 4.99 Å². The molecule has 0 fully saturated rings. The Bertz CT molecular complexity index is 663. The number of hydrogen-bond acceptors (Lipinski definition) is 3. The van der Waals surface area contributed by atoms with Gasteiger partial charge in [-0.15, -0.1) is 24.0 Å². The van der Waals surface area contributed by atoms with E-state index >= 15 is 0 Å². The third-order valence-electron chi connectivity index (χ3n) is 3.54. The molecule has 26 heavy (non-hydrogen) atoms. The van der Waals surface area contributed by atoms with E-state index in [1.54, 1.807) is 26.3 Å². The molecule has 0 saturated carbocycles. The van der Waals surface area contributed by atoms with Crippen molar-refractivity contribution < 1.29 is 13.9 Å². The molecule has 2 aromatic rings. The van der Waals surface area contributed by atoms with Crippen molar-refractivity contribution in [3.8, 4) is 11.5 Å². The molecule has 0 atom stereocenters. The van der Waals surface area contributed by atoms with Crippen molar-refractivity contribution in [3.05, 3.63) is 59.9 Å². The zero-order valence-electron chi connectivity index (χ0n) is 15.0. The number of methoxy groups -OCH3 is 1. The van der Waals surface area contributed by atoms with Crippen molar-refractivity contribution in [3.63, 3.8) is 0 Å². The van der Waals surface area contributed by atoms with Crippen LogP contribution in [0, 0.1) is 5.82 Å². The van der Waals surface area contributed by atoms with Gasteiger partial charge in [0.1, 0.15) is 17.3 Å². The van der Waals surface area contributed by atoms with Crippen molar-refractivity contribution in [2.75, 3.05) is 27.3 Å². The second-order valence-corrected chi connectivity index (χ2v) is 5.36. The van der Waals surface area contributed by atoms with E-state index in [1.807, 2.05) is 24.3 Å². The summed E-state index contributed by atoms with van der Waals surface area (Å²) in [5.41, 5.74) is 1.14. The molecule has 142 valence electrons. The average molecular weight is 473 g/mol. The summed E-state index contributed by atoms with van der Waals surface area (Å²) in [6, 6.07) is 13.9. The number of nitrogens with zero attached hydrogens (tertiary/aromatic N) is 1. The molecule has 2 rings (SSSR count). The molecule has 2 aromatic carbocycles. The monoisotopic (exact) mass is 473 g/mol. The van der Waals surface area contributed by atoms with E-state index in [0.717, 1.165) is 30.2 Å². The summed E-state index contributed by atoms with van der Waals surface area (Å²) in [7, 11) is 3.39. The highest BCUT2D eigenvalue weighted by Gasteiger charge is 1.99. The summed E-state index contributed by atoms with van der Waals surface area (Å²) in [6.45, 7) is 1.95. The molecule has 7 heteroatoms. The molecule has 0 bridgehead atoms. The van der Waals surface area contributed by atoms with Crippen LogP contribution in [0.5, 0.6) is 11.5 Å². The van der Waals surface area contributed by atoms with Crippen molar-refractivity contribution in [2.45, 2.75) is 13.0 Å². The minimum atomic E-state index is -0.263. The van der Waals surface area contributed by atoms with Gasteiger partial charge in [-0.05, 0) is 48.4 Å². The number of hydrogen-bond donors (Lipinski definition) is 2. The molecule has 0 heterocycles. The average Bonchev–Trinajstić information content (AvgIpc) is 2.66. The van der Waals surface area contributed by atoms with Crippen molar-refractivity contribution in [1.82, 2.24) is 10.6 Å². The summed E-state index contributed by atoms with van der Waals surface area (Å²) in [5.74, 6) is 1.98. The van der Waals surface area contributed by atoms with Crippen LogP contribution in [0.4, 0.5) is 4.39 Å². The molecule has 0 aliphatic heterocycles. The molecule has 0 aromatic heterocycles. The summed E-state index contributed by atoms with van der Waals surface area (Å²) in [4.78, 5) is 4.19. The first kappa shape index (κ1) is 22.0. The lowest BCUT2D eigenvalue weighted by atomic mass is 10.2. The van der Waals surface area contributed by atoms with Crippen LogP contribution in [-0.2, 0) is 6.54 Å². The number of halogens is 2. The Kier molecular flexibility index (Phi) is 10.5. The van der Waals surface area contributed by atoms with Gasteiger partial charge in [0.05, 0.1) is 13.7 Å². The first-order valence-electron chi connectivity index (χ1n) is 8.17. The number of ether oxygens (including phenoxy) is 2. The Hall–Kier alpha value is -2.03. The number of nitrogens with one attached hydrogen (secondary N) is 2. The number of rotatable bonds is 8. The SMILES string of the molecule is CN=C(NCCCOc1ccc(F)cc1)NCc1ccc(OC)cc1.I. The van der Waals surface area contributed by atoms with E-state index in [2.05, 4.69) is 15.6 Å². The second kappa shape index (κ2) is 12.3. The van der Waals surface area contributed by atoms with Crippen LogP contribution in [0.25, 0.3) is 0 Å². The van der Waals surface area contributed by atoms with Gasteiger partial charge in [-0.1, -0.05) is 12.1 Å². The van der Waals surface area contributed by atoms with Crippen LogP contribution in [0.1, 0.15) is 12.0 Å². The number of benzene rings is 2. The lowest BCUT2D eigenvalue weighted by Gasteiger charge is -2.12. The molecule has 0 unspecified atom stereocenters. The lowest BCUT2D eigenvalue weighted by molar-refractivity contribution is 0.310. The quantitative estimate of drug-likeness (QED) is 0.267. The van der Waals surface area contributed by atoms with Crippen LogP contribution in [0.15, 0.2) is 53.5 Å². The number of guanidine groups is 1. The van der Waals surface area contributed by atoms with Crippen LogP contribution >= 0.6 is 24.0 Å². The Morgan fingerprint density at radius 1 is 1.00 bits per heavy atom. The first-order valence-corrected chi connectivity index (χ1v) is 8.17. The Morgan fingerprint density at radius 2 is 1.65 bits per heavy atom. The van der Waals surface area contributed by atoms with E-state index in [1.165, 1.54) is 12.1 Å². The maximum absolute atomic E-state index is 12.8. The highest BCUT2D eigenvalue weighted by molar-refractivity contribution is 14.0. The Labute approximate surface area is 171 Å². The highest BCUT2D eigenvalue weighted by Crippen LogP contribution is 2.11. The predicted octanol–water partition coefficient (Wildman–Crippen LogP) is 3.59. The van der Waals surface area contributed by atoms with Gasteiger partial charge >= 0.3 is 0 Å². The van der Waals surface area contributed by atoms with Gasteiger partial charge < -0.3 is 20.1 Å². The fourth-order valence-corrected chi connectivity index (χ4v) is 2.15. The molecule has 0 aliphatic carbocycles. The van der Waals surface area contributed by atoms with E-state index in [9.17, 15) is 4.39 Å². The third kappa shape index (κ3) is 7.90. The molecular weight excluding hydrogens is 448 g/mol. The van der Waals surface area contributed by atoms with E-state index < -0.39 is 0 Å². The van der Waals surface area contributed by atoms with Gasteiger partial charge in [0, 0.05) is 20.1 Å². The molecule has 0 saturated heterocycles. The van der Waals surface area contributed by atoms with Crippen LogP contribution < -0.4 is 20.1 Å². The second-order valence-electron chi connectivity index (χ2n) is 5.36. The highest BCUT2D eigenvalue weighted by atomic mass is 127. The maximum atomic E-state index is 12.8. The van der Waals surface area contributed by atoms with E-state index in [0.29, 0.717) is 18.9 Å². The summed E-state index contributed by atoms with van der Waals surface area (Å²) < 4.78 is 23.5. The molecule has 0 spiro atoms. The first-order chi connectivity index (χ1) is 12.2. The minimum Gasteiger partial charge on any atom is -0.497 e. The van der Waals surface area contributed by atoms with Gasteiger partial charge in [0.2, 0.25) is 0 Å². The summed E-state index contributed by atoms with van der Waals surface area (Å²) in [6.07, 6.45) is 0.806. The molecule has 2 N–H and O–H groups in total. The van der Waals surface area contributed by atoms with Crippen molar-refractivity contribution >= 4 is 29.9 Å². The normalized spacial score (nSPS) is 10.7. The summed E-state index contributed by atoms with van der Waals surface area (Å²) >= 11 is 0. The molecule has 0 aliphatic rings. The van der Waals surface area contributed by atoms with Gasteiger partial charge in [0.15, 0.2) is 5.96 Å². The van der Waals surface area contributed by atoms with Crippen molar-refractivity contribution in [1.29, 1.82) is 0 Å². The largest absolute Gasteiger partial charge is 0.497 e. The van der Waals surface area contributed by atoms with Crippen molar-refractivity contribution in [2.24, 2.45) is 4.99 Å². The maximum Gasteiger partial charge on any atom is 0.191 e.